The number of hydrogen-bond donors (Lipinski definition) is 4. The van der Waals surface area contributed by atoms with Crippen LogP contribution in [0.25, 0.3) is 22.4 Å². The molecule has 1 aromatic heterocycles. The smallest absolute Gasteiger partial charge is 0.142 e. The molecule has 7 heteroatoms. The van der Waals surface area contributed by atoms with Gasteiger partial charge in [0.05, 0.1) is 29.0 Å². The fourth-order valence-corrected chi connectivity index (χ4v) is 4.54. The molecule has 3 aromatic carbocycles. The van der Waals surface area contributed by atoms with Gasteiger partial charge in [0.2, 0.25) is 0 Å². The number of benzene rings is 3. The van der Waals surface area contributed by atoms with Gasteiger partial charge in [-0.25, -0.2) is 4.98 Å². The van der Waals surface area contributed by atoms with Crippen LogP contribution in [0, 0.1) is 11.3 Å². The number of aromatic hydroxyl groups is 1. The number of rotatable bonds is 7. The van der Waals surface area contributed by atoms with E-state index in [1.165, 1.54) is 0 Å². The molecule has 35 heavy (non-hydrogen) atoms. The number of fused-ring (bicyclic) bond motifs is 1. The highest BCUT2D eigenvalue weighted by molar-refractivity contribution is 5.81. The summed E-state index contributed by atoms with van der Waals surface area (Å²) in [5.74, 6) is 2.80. The molecule has 0 aliphatic carbocycles. The second kappa shape index (κ2) is 10.1. The maximum absolute atomic E-state index is 10.4. The van der Waals surface area contributed by atoms with Crippen molar-refractivity contribution in [2.45, 2.75) is 26.3 Å². The van der Waals surface area contributed by atoms with Gasteiger partial charge in [-0.15, -0.1) is 0 Å². The van der Waals surface area contributed by atoms with Crippen LogP contribution < -0.4 is 10.1 Å². The standard InChI is InChI=1S/C28H31N5O2/c1-19(29)33-14-4-5-21(17-33)18-35-23-11-8-20(9-12-23)16-30-22-10-13-27(34)24(15-22)28-31-25-6-2-3-7-26(25)32-28/h2-3,6-13,15,21,29-30,34H,4-5,14,16-18H2,1H3,(H,31,32). The molecule has 5 rings (SSSR count). The van der Waals surface area contributed by atoms with Crippen LogP contribution in [0.5, 0.6) is 11.5 Å². The number of nitrogens with zero attached hydrogens (tertiary/aromatic N) is 2. The zero-order valence-electron chi connectivity index (χ0n) is 19.9. The molecule has 0 bridgehead atoms. The number of hydrogen-bond acceptors (Lipinski definition) is 5. The predicted octanol–water partition coefficient (Wildman–Crippen LogP) is 5.64. The second-order valence-corrected chi connectivity index (χ2v) is 9.18. The van der Waals surface area contributed by atoms with Crippen molar-refractivity contribution in [3.63, 3.8) is 0 Å². The summed E-state index contributed by atoms with van der Waals surface area (Å²) in [6, 6.07) is 21.4. The van der Waals surface area contributed by atoms with Crippen LogP contribution in [-0.4, -0.2) is 45.5 Å². The van der Waals surface area contributed by atoms with Crippen molar-refractivity contribution in [3.8, 4) is 22.9 Å². The SMILES string of the molecule is CC(=N)N1CCCC(COc2ccc(CNc3ccc(O)c(-c4nc5ccccc5[nH]4)c3)cc2)C1. The van der Waals surface area contributed by atoms with Crippen LogP contribution >= 0.6 is 0 Å². The molecule has 0 radical (unpaired) electrons. The summed E-state index contributed by atoms with van der Waals surface area (Å²) in [5, 5.41) is 21.7. The monoisotopic (exact) mass is 469 g/mol. The maximum atomic E-state index is 10.4. The minimum Gasteiger partial charge on any atom is -0.507 e. The number of aromatic amines is 1. The molecule has 1 aliphatic rings. The van der Waals surface area contributed by atoms with Crippen molar-refractivity contribution in [2.75, 3.05) is 25.0 Å². The topological polar surface area (TPSA) is 97.3 Å². The van der Waals surface area contributed by atoms with Crippen molar-refractivity contribution in [1.82, 2.24) is 14.9 Å². The van der Waals surface area contributed by atoms with Crippen LogP contribution in [0.3, 0.4) is 0 Å². The van der Waals surface area contributed by atoms with Crippen molar-refractivity contribution >= 4 is 22.6 Å². The molecule has 4 N–H and O–H groups in total. The molecule has 1 saturated heterocycles. The first kappa shape index (κ1) is 22.8. The quantitative estimate of drug-likeness (QED) is 0.160. The molecule has 4 aromatic rings. The van der Waals surface area contributed by atoms with Crippen LogP contribution in [0.15, 0.2) is 66.7 Å². The molecule has 0 spiro atoms. The first-order chi connectivity index (χ1) is 17.0. The third-order valence-electron chi connectivity index (χ3n) is 6.54. The van der Waals surface area contributed by atoms with Gasteiger partial charge in [0, 0.05) is 31.2 Å². The molecule has 1 atom stereocenters. The van der Waals surface area contributed by atoms with Gasteiger partial charge in [0.1, 0.15) is 17.3 Å². The van der Waals surface area contributed by atoms with E-state index in [1.807, 2.05) is 55.5 Å². The minimum atomic E-state index is 0.188. The Bertz CT molecular complexity index is 1280. The number of H-pyrrole nitrogens is 1. The fourth-order valence-electron chi connectivity index (χ4n) is 4.54. The first-order valence-corrected chi connectivity index (χ1v) is 12.1. The Balaban J connectivity index is 1.18. The number of aromatic nitrogens is 2. The highest BCUT2D eigenvalue weighted by Crippen LogP contribution is 2.31. The second-order valence-electron chi connectivity index (χ2n) is 9.18. The summed E-state index contributed by atoms with van der Waals surface area (Å²) in [6.07, 6.45) is 2.26. The third kappa shape index (κ3) is 5.40. The fraction of sp³-hybridized carbons (Fsp3) is 0.286. The van der Waals surface area contributed by atoms with Crippen LogP contribution in [-0.2, 0) is 6.54 Å². The lowest BCUT2D eigenvalue weighted by atomic mass is 9.99. The van der Waals surface area contributed by atoms with Gasteiger partial charge in [0.15, 0.2) is 0 Å². The van der Waals surface area contributed by atoms with Gasteiger partial charge in [-0.3, -0.25) is 5.41 Å². The average molecular weight is 470 g/mol. The van der Waals surface area contributed by atoms with E-state index in [9.17, 15) is 5.11 Å². The Kier molecular flexibility index (Phi) is 6.57. The highest BCUT2D eigenvalue weighted by atomic mass is 16.5. The van der Waals surface area contributed by atoms with Crippen molar-refractivity contribution in [2.24, 2.45) is 5.92 Å². The summed E-state index contributed by atoms with van der Waals surface area (Å²) in [7, 11) is 0. The largest absolute Gasteiger partial charge is 0.507 e. The predicted molar refractivity (Wildman–Crippen MR) is 140 cm³/mol. The summed E-state index contributed by atoms with van der Waals surface area (Å²) >= 11 is 0. The number of imidazole rings is 1. The lowest BCUT2D eigenvalue weighted by Crippen LogP contribution is -2.40. The number of para-hydroxylation sites is 2. The minimum absolute atomic E-state index is 0.188. The van der Waals surface area contributed by atoms with Crippen LogP contribution in [0.1, 0.15) is 25.3 Å². The summed E-state index contributed by atoms with van der Waals surface area (Å²) in [6.45, 7) is 5.07. The number of nitrogens with one attached hydrogen (secondary N) is 3. The van der Waals surface area contributed by atoms with E-state index in [1.54, 1.807) is 6.07 Å². The van der Waals surface area contributed by atoms with Crippen molar-refractivity contribution in [3.05, 3.63) is 72.3 Å². The molecule has 180 valence electrons. The zero-order chi connectivity index (χ0) is 24.2. The molecule has 0 saturated carbocycles. The van der Waals surface area contributed by atoms with Crippen molar-refractivity contribution < 1.29 is 9.84 Å². The molecular weight excluding hydrogens is 438 g/mol. The van der Waals surface area contributed by atoms with Gasteiger partial charge >= 0.3 is 0 Å². The first-order valence-electron chi connectivity index (χ1n) is 12.1. The Hall–Kier alpha value is -4.00. The lowest BCUT2D eigenvalue weighted by Gasteiger charge is -2.33. The number of likely N-dealkylation sites (tertiary alicyclic amines) is 1. The maximum Gasteiger partial charge on any atom is 0.142 e. The molecule has 2 heterocycles. The van der Waals surface area contributed by atoms with Gasteiger partial charge in [0.25, 0.3) is 0 Å². The van der Waals surface area contributed by atoms with E-state index in [4.69, 9.17) is 10.1 Å². The number of amidine groups is 1. The van der Waals surface area contributed by atoms with E-state index >= 15 is 0 Å². The number of phenolic OH excluding ortho intramolecular Hbond substituents is 1. The zero-order valence-corrected chi connectivity index (χ0v) is 19.9. The number of phenols is 1. The Morgan fingerprint density at radius 3 is 2.80 bits per heavy atom. The molecule has 1 aliphatic heterocycles. The van der Waals surface area contributed by atoms with E-state index in [-0.39, 0.29) is 5.75 Å². The summed E-state index contributed by atoms with van der Waals surface area (Å²) in [5.41, 5.74) is 4.51. The van der Waals surface area contributed by atoms with Gasteiger partial charge in [-0.1, -0.05) is 24.3 Å². The van der Waals surface area contributed by atoms with E-state index < -0.39 is 0 Å². The van der Waals surface area contributed by atoms with E-state index in [0.717, 1.165) is 54.0 Å². The number of piperidine rings is 1. The summed E-state index contributed by atoms with van der Waals surface area (Å²) in [4.78, 5) is 10.0. The average Bonchev–Trinajstić information content (AvgIpc) is 3.32. The Labute approximate surface area is 205 Å². The summed E-state index contributed by atoms with van der Waals surface area (Å²) < 4.78 is 6.04. The van der Waals surface area contributed by atoms with E-state index in [0.29, 0.717) is 36.3 Å². The van der Waals surface area contributed by atoms with E-state index in [2.05, 4.69) is 32.3 Å². The molecule has 1 fully saturated rings. The van der Waals surface area contributed by atoms with Gasteiger partial charge < -0.3 is 25.0 Å². The van der Waals surface area contributed by atoms with Gasteiger partial charge in [-0.2, -0.15) is 0 Å². The lowest BCUT2D eigenvalue weighted by molar-refractivity contribution is 0.174. The number of ether oxygens (including phenoxy) is 1. The normalized spacial score (nSPS) is 15.8. The third-order valence-corrected chi connectivity index (χ3v) is 6.54. The molecule has 0 amide bonds. The van der Waals surface area contributed by atoms with Crippen molar-refractivity contribution in [1.29, 1.82) is 5.41 Å². The Morgan fingerprint density at radius 2 is 2.00 bits per heavy atom. The van der Waals surface area contributed by atoms with Gasteiger partial charge in [-0.05, 0) is 67.8 Å². The molecule has 7 nitrogen and oxygen atoms in total. The van der Waals surface area contributed by atoms with Crippen LogP contribution in [0.2, 0.25) is 0 Å². The molecule has 1 unspecified atom stereocenters. The molecular formula is C28H31N5O2. The highest BCUT2D eigenvalue weighted by Gasteiger charge is 2.20. The van der Waals surface area contributed by atoms with Crippen LogP contribution in [0.4, 0.5) is 5.69 Å². The number of anilines is 1. The Morgan fingerprint density at radius 1 is 1.17 bits per heavy atom.